The van der Waals surface area contributed by atoms with Crippen molar-refractivity contribution in [3.05, 3.63) is 71.3 Å². The highest BCUT2D eigenvalue weighted by molar-refractivity contribution is 8.00. The van der Waals surface area contributed by atoms with Gasteiger partial charge in [0.25, 0.3) is 5.91 Å². The first kappa shape index (κ1) is 18.5. The van der Waals surface area contributed by atoms with Gasteiger partial charge in [-0.1, -0.05) is 49.4 Å². The predicted octanol–water partition coefficient (Wildman–Crippen LogP) is 3.99. The van der Waals surface area contributed by atoms with Crippen molar-refractivity contribution in [3.63, 3.8) is 0 Å². The lowest BCUT2D eigenvalue weighted by Crippen LogP contribution is -2.32. The van der Waals surface area contributed by atoms with E-state index >= 15 is 0 Å². The first-order chi connectivity index (χ1) is 12.6. The summed E-state index contributed by atoms with van der Waals surface area (Å²) in [6.07, 6.45) is 0.902. The molecule has 0 aliphatic carbocycles. The third-order valence-electron chi connectivity index (χ3n) is 4.61. The minimum atomic E-state index is -0.0535. The first-order valence-corrected chi connectivity index (χ1v) is 9.99. The van der Waals surface area contributed by atoms with Crippen LogP contribution in [-0.2, 0) is 11.3 Å². The Labute approximate surface area is 159 Å². The van der Waals surface area contributed by atoms with E-state index in [1.807, 2.05) is 73.3 Å². The fourth-order valence-corrected chi connectivity index (χ4v) is 4.08. The van der Waals surface area contributed by atoms with E-state index in [-0.39, 0.29) is 23.2 Å². The zero-order valence-corrected chi connectivity index (χ0v) is 16.0. The van der Waals surface area contributed by atoms with Crippen LogP contribution < -0.4 is 5.32 Å². The van der Waals surface area contributed by atoms with Crippen LogP contribution in [0.3, 0.4) is 0 Å². The third-order valence-corrected chi connectivity index (χ3v) is 5.87. The van der Waals surface area contributed by atoms with Crippen molar-refractivity contribution in [2.75, 3.05) is 5.75 Å². The zero-order valence-electron chi connectivity index (χ0n) is 15.1. The molecule has 1 aliphatic heterocycles. The summed E-state index contributed by atoms with van der Waals surface area (Å²) in [5.41, 5.74) is 2.83. The van der Waals surface area contributed by atoms with Gasteiger partial charge in [-0.2, -0.15) is 0 Å². The fourth-order valence-electron chi connectivity index (χ4n) is 2.89. The number of carbonyl (C=O) groups excluding carboxylic acids is 2. The summed E-state index contributed by atoms with van der Waals surface area (Å²) in [5, 5.41) is 2.97. The molecule has 1 saturated heterocycles. The Morgan fingerprint density at radius 3 is 2.54 bits per heavy atom. The average Bonchev–Trinajstić information content (AvgIpc) is 3.03. The molecule has 2 atom stereocenters. The van der Waals surface area contributed by atoms with Crippen molar-refractivity contribution in [2.45, 2.75) is 38.2 Å². The standard InChI is InChI=1S/C21H24N2O2S/c1-3-15(2)22-20(25)17-9-11-18(12-10-17)21-23(19(24)14-26-21)13-16-7-5-4-6-8-16/h4-12,15,21H,3,13-14H2,1-2H3,(H,22,25)/t15-,21-/m0/s1. The lowest BCUT2D eigenvalue weighted by Gasteiger charge is -2.24. The lowest BCUT2D eigenvalue weighted by molar-refractivity contribution is -0.128. The van der Waals surface area contributed by atoms with E-state index in [2.05, 4.69) is 5.32 Å². The van der Waals surface area contributed by atoms with Crippen molar-refractivity contribution in [2.24, 2.45) is 0 Å². The van der Waals surface area contributed by atoms with Crippen LogP contribution in [0.4, 0.5) is 0 Å². The van der Waals surface area contributed by atoms with E-state index in [4.69, 9.17) is 0 Å². The quantitative estimate of drug-likeness (QED) is 0.839. The Hall–Kier alpha value is -2.27. The van der Waals surface area contributed by atoms with Crippen LogP contribution >= 0.6 is 11.8 Å². The molecule has 0 unspecified atom stereocenters. The van der Waals surface area contributed by atoms with Crippen molar-refractivity contribution >= 4 is 23.6 Å². The summed E-state index contributed by atoms with van der Waals surface area (Å²) >= 11 is 1.64. The van der Waals surface area contributed by atoms with Gasteiger partial charge in [0.15, 0.2) is 0 Å². The van der Waals surface area contributed by atoms with Crippen molar-refractivity contribution in [1.29, 1.82) is 0 Å². The summed E-state index contributed by atoms with van der Waals surface area (Å²) in [7, 11) is 0. The number of benzene rings is 2. The number of rotatable bonds is 6. The normalized spacial score (nSPS) is 18.0. The van der Waals surface area contributed by atoms with E-state index in [1.165, 1.54) is 0 Å². The molecule has 26 heavy (non-hydrogen) atoms. The summed E-state index contributed by atoms with van der Waals surface area (Å²) in [4.78, 5) is 26.5. The Morgan fingerprint density at radius 1 is 1.19 bits per heavy atom. The molecular formula is C21H24N2O2S. The van der Waals surface area contributed by atoms with E-state index in [1.54, 1.807) is 11.8 Å². The van der Waals surface area contributed by atoms with Crippen molar-refractivity contribution in [3.8, 4) is 0 Å². The van der Waals surface area contributed by atoms with Crippen LogP contribution in [-0.4, -0.2) is 28.5 Å². The van der Waals surface area contributed by atoms with Gasteiger partial charge < -0.3 is 10.2 Å². The lowest BCUT2D eigenvalue weighted by atomic mass is 10.1. The number of hydrogen-bond donors (Lipinski definition) is 1. The molecule has 3 rings (SSSR count). The molecule has 2 aromatic rings. The molecule has 4 nitrogen and oxygen atoms in total. The van der Waals surface area contributed by atoms with Gasteiger partial charge in [0.05, 0.1) is 5.75 Å². The van der Waals surface area contributed by atoms with Gasteiger partial charge in [0.2, 0.25) is 5.91 Å². The zero-order chi connectivity index (χ0) is 18.5. The summed E-state index contributed by atoms with van der Waals surface area (Å²) in [6, 6.07) is 17.8. The molecule has 136 valence electrons. The largest absolute Gasteiger partial charge is 0.350 e. The van der Waals surface area contributed by atoms with Crippen LogP contribution in [0.1, 0.15) is 47.1 Å². The smallest absolute Gasteiger partial charge is 0.251 e. The highest BCUT2D eigenvalue weighted by Gasteiger charge is 2.32. The molecule has 1 heterocycles. The first-order valence-electron chi connectivity index (χ1n) is 8.94. The molecule has 2 amide bonds. The summed E-state index contributed by atoms with van der Waals surface area (Å²) in [6.45, 7) is 4.64. The van der Waals surface area contributed by atoms with Crippen molar-refractivity contribution in [1.82, 2.24) is 10.2 Å². The maximum absolute atomic E-state index is 12.3. The number of hydrogen-bond acceptors (Lipinski definition) is 3. The second-order valence-corrected chi connectivity index (χ2v) is 7.64. The van der Waals surface area contributed by atoms with E-state index in [0.29, 0.717) is 17.9 Å². The van der Waals surface area contributed by atoms with Gasteiger partial charge >= 0.3 is 0 Å². The number of nitrogens with zero attached hydrogens (tertiary/aromatic N) is 1. The maximum atomic E-state index is 12.3. The Bertz CT molecular complexity index is 761. The topological polar surface area (TPSA) is 49.4 Å². The van der Waals surface area contributed by atoms with Crippen LogP contribution in [0.25, 0.3) is 0 Å². The van der Waals surface area contributed by atoms with E-state index in [9.17, 15) is 9.59 Å². The second-order valence-electron chi connectivity index (χ2n) is 6.58. The van der Waals surface area contributed by atoms with Crippen LogP contribution in [0.5, 0.6) is 0 Å². The van der Waals surface area contributed by atoms with Crippen molar-refractivity contribution < 1.29 is 9.59 Å². The molecule has 1 N–H and O–H groups in total. The summed E-state index contributed by atoms with van der Waals surface area (Å²) in [5.74, 6) is 0.595. The SMILES string of the molecule is CC[C@H](C)NC(=O)c1ccc([C@@H]2SCC(=O)N2Cc2ccccc2)cc1. The Morgan fingerprint density at radius 2 is 1.88 bits per heavy atom. The number of thioether (sulfide) groups is 1. The summed E-state index contributed by atoms with van der Waals surface area (Å²) < 4.78 is 0. The van der Waals surface area contributed by atoms with Gasteiger partial charge in [0, 0.05) is 18.2 Å². The molecule has 0 bridgehead atoms. The number of nitrogens with one attached hydrogen (secondary N) is 1. The molecule has 2 aromatic carbocycles. The number of carbonyl (C=O) groups is 2. The van der Waals surface area contributed by atoms with Gasteiger partial charge in [-0.25, -0.2) is 0 Å². The molecule has 1 fully saturated rings. The van der Waals surface area contributed by atoms with E-state index < -0.39 is 0 Å². The monoisotopic (exact) mass is 368 g/mol. The molecule has 0 radical (unpaired) electrons. The molecule has 1 aliphatic rings. The van der Waals surface area contributed by atoms with Gasteiger partial charge in [-0.05, 0) is 36.6 Å². The highest BCUT2D eigenvalue weighted by atomic mass is 32.2. The molecule has 5 heteroatoms. The minimum absolute atomic E-state index is 0.00520. The fraction of sp³-hybridized carbons (Fsp3) is 0.333. The molecular weight excluding hydrogens is 344 g/mol. The average molecular weight is 369 g/mol. The Kier molecular flexibility index (Phi) is 5.99. The molecule has 0 spiro atoms. The molecule has 0 aromatic heterocycles. The maximum Gasteiger partial charge on any atom is 0.251 e. The van der Waals surface area contributed by atoms with E-state index in [0.717, 1.165) is 17.5 Å². The van der Waals surface area contributed by atoms with Crippen LogP contribution in [0, 0.1) is 0 Å². The van der Waals surface area contributed by atoms with Crippen LogP contribution in [0.2, 0.25) is 0 Å². The molecule has 0 saturated carbocycles. The minimum Gasteiger partial charge on any atom is -0.350 e. The second kappa shape index (κ2) is 8.41. The third kappa shape index (κ3) is 4.28. The van der Waals surface area contributed by atoms with Gasteiger partial charge in [-0.15, -0.1) is 11.8 Å². The van der Waals surface area contributed by atoms with Gasteiger partial charge in [0.1, 0.15) is 5.37 Å². The van der Waals surface area contributed by atoms with Crippen LogP contribution in [0.15, 0.2) is 54.6 Å². The number of amides is 2. The predicted molar refractivity (Wildman–Crippen MR) is 106 cm³/mol. The highest BCUT2D eigenvalue weighted by Crippen LogP contribution is 2.39. The van der Waals surface area contributed by atoms with Gasteiger partial charge in [-0.3, -0.25) is 9.59 Å². The Balaban J connectivity index is 1.73.